The second kappa shape index (κ2) is 7.60. The number of hydrogen-bond donors (Lipinski definition) is 1. The molecule has 1 saturated carbocycles. The minimum absolute atomic E-state index is 0. The summed E-state index contributed by atoms with van der Waals surface area (Å²) in [5.41, 5.74) is 5.98. The molecule has 1 saturated heterocycles. The van der Waals surface area contributed by atoms with Crippen molar-refractivity contribution in [1.82, 2.24) is 4.90 Å². The van der Waals surface area contributed by atoms with Gasteiger partial charge in [0.25, 0.3) is 0 Å². The van der Waals surface area contributed by atoms with Crippen LogP contribution in [0, 0.1) is 11.8 Å². The van der Waals surface area contributed by atoms with E-state index in [-0.39, 0.29) is 12.4 Å². The first kappa shape index (κ1) is 15.3. The van der Waals surface area contributed by atoms with Gasteiger partial charge in [-0.05, 0) is 57.5 Å². The Labute approximate surface area is 113 Å². The Morgan fingerprint density at radius 1 is 1.06 bits per heavy atom. The zero-order chi connectivity index (χ0) is 11.4. The average Bonchev–Trinajstić information content (AvgIpc) is 2.31. The monoisotopic (exact) mass is 260 g/mol. The standard InChI is InChI=1S/C14H28N2.ClH/c1-12(15)14-7-9-16(10-8-14)11-13-5-3-2-4-6-13;/h12-14H,2-11,15H2,1H3;1H. The zero-order valence-electron chi connectivity index (χ0n) is 11.2. The van der Waals surface area contributed by atoms with Gasteiger partial charge < -0.3 is 10.6 Å². The molecule has 2 fully saturated rings. The van der Waals surface area contributed by atoms with Crippen molar-refractivity contribution in [1.29, 1.82) is 0 Å². The van der Waals surface area contributed by atoms with Gasteiger partial charge in [0, 0.05) is 12.6 Å². The van der Waals surface area contributed by atoms with E-state index in [9.17, 15) is 0 Å². The van der Waals surface area contributed by atoms with E-state index in [0.717, 1.165) is 11.8 Å². The molecular formula is C14H29ClN2. The molecule has 0 aromatic rings. The lowest BCUT2D eigenvalue weighted by Crippen LogP contribution is -2.41. The fraction of sp³-hybridized carbons (Fsp3) is 1.00. The van der Waals surface area contributed by atoms with Crippen LogP contribution in [0.25, 0.3) is 0 Å². The maximum atomic E-state index is 5.98. The predicted molar refractivity (Wildman–Crippen MR) is 76.6 cm³/mol. The third kappa shape index (κ3) is 4.76. The Kier molecular flexibility index (Phi) is 6.83. The van der Waals surface area contributed by atoms with E-state index in [1.807, 2.05) is 0 Å². The van der Waals surface area contributed by atoms with Crippen LogP contribution in [-0.4, -0.2) is 30.6 Å². The van der Waals surface area contributed by atoms with Crippen LogP contribution in [0.4, 0.5) is 0 Å². The summed E-state index contributed by atoms with van der Waals surface area (Å²) in [5, 5.41) is 0. The molecule has 1 unspecified atom stereocenters. The molecule has 0 bridgehead atoms. The van der Waals surface area contributed by atoms with Gasteiger partial charge in [0.1, 0.15) is 0 Å². The molecule has 3 heteroatoms. The molecule has 2 nitrogen and oxygen atoms in total. The Balaban J connectivity index is 0.00000144. The van der Waals surface area contributed by atoms with Gasteiger partial charge in [-0.3, -0.25) is 0 Å². The fourth-order valence-electron chi connectivity index (χ4n) is 3.40. The van der Waals surface area contributed by atoms with Crippen LogP contribution in [0.3, 0.4) is 0 Å². The maximum Gasteiger partial charge on any atom is 0.00397 e. The molecule has 0 aromatic carbocycles. The number of nitrogens with zero attached hydrogens (tertiary/aromatic N) is 1. The zero-order valence-corrected chi connectivity index (χ0v) is 12.1. The molecule has 0 amide bonds. The quantitative estimate of drug-likeness (QED) is 0.845. The van der Waals surface area contributed by atoms with Gasteiger partial charge >= 0.3 is 0 Å². The molecule has 2 rings (SSSR count). The Morgan fingerprint density at radius 2 is 1.65 bits per heavy atom. The highest BCUT2D eigenvalue weighted by molar-refractivity contribution is 5.85. The summed E-state index contributed by atoms with van der Waals surface area (Å²) in [7, 11) is 0. The summed E-state index contributed by atoms with van der Waals surface area (Å²) in [4.78, 5) is 2.69. The van der Waals surface area contributed by atoms with Gasteiger partial charge in [-0.15, -0.1) is 12.4 Å². The smallest absolute Gasteiger partial charge is 0.00397 e. The molecule has 1 aliphatic carbocycles. The van der Waals surface area contributed by atoms with Gasteiger partial charge in [0.2, 0.25) is 0 Å². The number of piperidine rings is 1. The Hall–Kier alpha value is 0.210. The molecule has 0 spiro atoms. The van der Waals surface area contributed by atoms with Crippen LogP contribution >= 0.6 is 12.4 Å². The summed E-state index contributed by atoms with van der Waals surface area (Å²) in [6.07, 6.45) is 10.0. The van der Waals surface area contributed by atoms with Gasteiger partial charge in [-0.1, -0.05) is 19.3 Å². The van der Waals surface area contributed by atoms with E-state index >= 15 is 0 Å². The van der Waals surface area contributed by atoms with Crippen molar-refractivity contribution in [3.8, 4) is 0 Å². The highest BCUT2D eigenvalue weighted by Gasteiger charge is 2.24. The molecule has 1 heterocycles. The second-order valence-corrected chi connectivity index (χ2v) is 6.00. The number of likely N-dealkylation sites (tertiary alicyclic amines) is 1. The third-order valence-corrected chi connectivity index (χ3v) is 4.62. The van der Waals surface area contributed by atoms with Crippen molar-refractivity contribution in [2.45, 2.75) is 57.9 Å². The van der Waals surface area contributed by atoms with Crippen molar-refractivity contribution >= 4 is 12.4 Å². The van der Waals surface area contributed by atoms with Crippen molar-refractivity contribution in [2.24, 2.45) is 17.6 Å². The van der Waals surface area contributed by atoms with Crippen LogP contribution in [0.5, 0.6) is 0 Å². The summed E-state index contributed by atoms with van der Waals surface area (Å²) in [6.45, 7) is 6.12. The highest BCUT2D eigenvalue weighted by atomic mass is 35.5. The van der Waals surface area contributed by atoms with Crippen LogP contribution in [0.15, 0.2) is 0 Å². The van der Waals surface area contributed by atoms with E-state index in [0.29, 0.717) is 6.04 Å². The first-order valence-electron chi connectivity index (χ1n) is 7.23. The fourth-order valence-corrected chi connectivity index (χ4v) is 3.40. The summed E-state index contributed by atoms with van der Waals surface area (Å²) in [6, 6.07) is 0.400. The van der Waals surface area contributed by atoms with Crippen LogP contribution < -0.4 is 5.73 Å². The Bertz CT molecular complexity index is 194. The molecule has 1 atom stereocenters. The van der Waals surface area contributed by atoms with Crippen LogP contribution in [-0.2, 0) is 0 Å². The molecule has 102 valence electrons. The minimum Gasteiger partial charge on any atom is -0.328 e. The number of rotatable bonds is 3. The summed E-state index contributed by atoms with van der Waals surface area (Å²) in [5.74, 6) is 1.78. The molecular weight excluding hydrogens is 232 g/mol. The lowest BCUT2D eigenvalue weighted by Gasteiger charge is -2.36. The molecule has 17 heavy (non-hydrogen) atoms. The topological polar surface area (TPSA) is 29.3 Å². The van der Waals surface area contributed by atoms with E-state index in [4.69, 9.17) is 5.73 Å². The summed E-state index contributed by atoms with van der Waals surface area (Å²) >= 11 is 0. The van der Waals surface area contributed by atoms with Gasteiger partial charge in [0.05, 0.1) is 0 Å². The summed E-state index contributed by atoms with van der Waals surface area (Å²) < 4.78 is 0. The van der Waals surface area contributed by atoms with Gasteiger partial charge in [0.15, 0.2) is 0 Å². The molecule has 2 aliphatic rings. The van der Waals surface area contributed by atoms with E-state index in [2.05, 4.69) is 11.8 Å². The SMILES string of the molecule is CC(N)C1CCN(CC2CCCCC2)CC1.Cl. The number of halogens is 1. The molecule has 0 radical (unpaired) electrons. The van der Waals surface area contributed by atoms with Crippen LogP contribution in [0.1, 0.15) is 51.9 Å². The van der Waals surface area contributed by atoms with Gasteiger partial charge in [-0.25, -0.2) is 0 Å². The molecule has 0 aromatic heterocycles. The van der Waals surface area contributed by atoms with Crippen molar-refractivity contribution in [3.63, 3.8) is 0 Å². The minimum atomic E-state index is 0. The lowest BCUT2D eigenvalue weighted by atomic mass is 9.87. The maximum absolute atomic E-state index is 5.98. The lowest BCUT2D eigenvalue weighted by molar-refractivity contribution is 0.138. The predicted octanol–water partition coefficient (Wildman–Crippen LogP) is 3.05. The van der Waals surface area contributed by atoms with E-state index in [1.165, 1.54) is 64.6 Å². The Morgan fingerprint density at radius 3 is 2.18 bits per heavy atom. The average molecular weight is 261 g/mol. The molecule has 2 N–H and O–H groups in total. The first-order chi connectivity index (χ1) is 7.75. The molecule has 1 aliphatic heterocycles. The van der Waals surface area contributed by atoms with E-state index in [1.54, 1.807) is 0 Å². The van der Waals surface area contributed by atoms with Crippen LogP contribution in [0.2, 0.25) is 0 Å². The third-order valence-electron chi connectivity index (χ3n) is 4.62. The van der Waals surface area contributed by atoms with Crippen molar-refractivity contribution < 1.29 is 0 Å². The number of hydrogen-bond acceptors (Lipinski definition) is 2. The van der Waals surface area contributed by atoms with Crippen molar-refractivity contribution in [2.75, 3.05) is 19.6 Å². The highest BCUT2D eigenvalue weighted by Crippen LogP contribution is 2.26. The normalized spacial score (nSPS) is 26.5. The van der Waals surface area contributed by atoms with Gasteiger partial charge in [-0.2, -0.15) is 0 Å². The largest absolute Gasteiger partial charge is 0.328 e. The first-order valence-corrected chi connectivity index (χ1v) is 7.23. The van der Waals surface area contributed by atoms with Crippen molar-refractivity contribution in [3.05, 3.63) is 0 Å². The second-order valence-electron chi connectivity index (χ2n) is 6.00. The van der Waals surface area contributed by atoms with E-state index < -0.39 is 0 Å². The number of nitrogens with two attached hydrogens (primary N) is 1.